The first-order valence-electron chi connectivity index (χ1n) is 8.82. The van der Waals surface area contributed by atoms with Gasteiger partial charge in [-0.25, -0.2) is 8.42 Å². The van der Waals surface area contributed by atoms with E-state index in [0.29, 0.717) is 30.8 Å². The lowest BCUT2D eigenvalue weighted by Crippen LogP contribution is -2.32. The summed E-state index contributed by atoms with van der Waals surface area (Å²) in [6, 6.07) is 7.13. The number of aryl methyl sites for hydroxylation is 1. The van der Waals surface area contributed by atoms with E-state index in [4.69, 9.17) is 0 Å². The summed E-state index contributed by atoms with van der Waals surface area (Å²) in [6.07, 6.45) is 4.94. The minimum atomic E-state index is -3.35. The second kappa shape index (κ2) is 8.62. The molecule has 0 aromatic heterocycles. The highest BCUT2D eigenvalue weighted by molar-refractivity contribution is 7.89. The fourth-order valence-corrected chi connectivity index (χ4v) is 4.53. The quantitative estimate of drug-likeness (QED) is 0.782. The van der Waals surface area contributed by atoms with E-state index in [1.165, 1.54) is 0 Å². The molecule has 2 rings (SSSR count). The van der Waals surface area contributed by atoms with E-state index in [-0.39, 0.29) is 11.9 Å². The van der Waals surface area contributed by atoms with E-state index < -0.39 is 10.0 Å². The highest BCUT2D eigenvalue weighted by Gasteiger charge is 2.26. The predicted octanol–water partition coefficient (Wildman–Crippen LogP) is 2.71. The van der Waals surface area contributed by atoms with Gasteiger partial charge < -0.3 is 5.32 Å². The van der Waals surface area contributed by atoms with Crippen molar-refractivity contribution in [3.63, 3.8) is 0 Å². The first kappa shape index (κ1) is 18.9. The summed E-state index contributed by atoms with van der Waals surface area (Å²) in [5.74, 6) is 0.0460. The van der Waals surface area contributed by atoms with Crippen LogP contribution in [0.25, 0.3) is 0 Å². The van der Waals surface area contributed by atoms with Crippen LogP contribution in [0.15, 0.2) is 29.2 Å². The topological polar surface area (TPSA) is 66.5 Å². The molecule has 1 aromatic rings. The molecule has 0 aliphatic carbocycles. The summed E-state index contributed by atoms with van der Waals surface area (Å²) >= 11 is 0. The molecule has 1 aliphatic heterocycles. The van der Waals surface area contributed by atoms with Crippen LogP contribution in [-0.2, 0) is 21.2 Å². The lowest BCUT2D eigenvalue weighted by atomic mass is 10.1. The Morgan fingerprint density at radius 1 is 1.21 bits per heavy atom. The van der Waals surface area contributed by atoms with E-state index in [2.05, 4.69) is 12.2 Å². The smallest absolute Gasteiger partial charge is 0.243 e. The molecule has 0 spiro atoms. The van der Waals surface area contributed by atoms with Crippen molar-refractivity contribution in [1.82, 2.24) is 9.62 Å². The molecule has 0 radical (unpaired) electrons. The van der Waals surface area contributed by atoms with E-state index in [9.17, 15) is 13.2 Å². The molecule has 134 valence electrons. The molecule has 24 heavy (non-hydrogen) atoms. The highest BCUT2D eigenvalue weighted by atomic mass is 32.2. The van der Waals surface area contributed by atoms with Crippen molar-refractivity contribution in [1.29, 1.82) is 0 Å². The van der Waals surface area contributed by atoms with Crippen molar-refractivity contribution < 1.29 is 13.2 Å². The summed E-state index contributed by atoms with van der Waals surface area (Å²) in [6.45, 7) is 5.33. The van der Waals surface area contributed by atoms with Crippen LogP contribution in [0.2, 0.25) is 0 Å². The van der Waals surface area contributed by atoms with Crippen LogP contribution in [0.5, 0.6) is 0 Å². The van der Waals surface area contributed by atoms with Crippen molar-refractivity contribution in [3.05, 3.63) is 29.8 Å². The number of hydrogen-bond acceptors (Lipinski definition) is 3. The van der Waals surface area contributed by atoms with Crippen molar-refractivity contribution in [2.75, 3.05) is 13.1 Å². The summed E-state index contributed by atoms with van der Waals surface area (Å²) in [5.41, 5.74) is 0.980. The number of hydrogen-bond donors (Lipinski definition) is 1. The molecular weight excluding hydrogens is 324 g/mol. The van der Waals surface area contributed by atoms with Gasteiger partial charge in [-0.1, -0.05) is 25.5 Å². The maximum Gasteiger partial charge on any atom is 0.243 e. The van der Waals surface area contributed by atoms with Crippen LogP contribution in [0.3, 0.4) is 0 Å². The largest absolute Gasteiger partial charge is 0.354 e. The van der Waals surface area contributed by atoms with Gasteiger partial charge in [0, 0.05) is 25.6 Å². The second-order valence-corrected chi connectivity index (χ2v) is 8.45. The lowest BCUT2D eigenvalue weighted by Gasteiger charge is -2.15. The fraction of sp³-hybridized carbons (Fsp3) is 0.611. The molecule has 0 bridgehead atoms. The van der Waals surface area contributed by atoms with Gasteiger partial charge in [0.2, 0.25) is 15.9 Å². The average Bonchev–Trinajstić information content (AvgIpc) is 3.09. The van der Waals surface area contributed by atoms with Crippen molar-refractivity contribution in [2.45, 2.75) is 63.3 Å². The zero-order valence-electron chi connectivity index (χ0n) is 14.6. The predicted molar refractivity (Wildman–Crippen MR) is 95.3 cm³/mol. The van der Waals surface area contributed by atoms with Crippen LogP contribution in [0.1, 0.15) is 51.5 Å². The second-order valence-electron chi connectivity index (χ2n) is 6.51. The third kappa shape index (κ3) is 5.05. The van der Waals surface area contributed by atoms with E-state index in [1.54, 1.807) is 16.4 Å². The number of carbonyl (C=O) groups excluding carboxylic acids is 1. The molecule has 1 saturated heterocycles. The Labute approximate surface area is 145 Å². The van der Waals surface area contributed by atoms with Crippen LogP contribution in [0, 0.1) is 0 Å². The number of nitrogens with zero attached hydrogens (tertiary/aromatic N) is 1. The number of amides is 1. The molecule has 1 atom stereocenters. The van der Waals surface area contributed by atoms with Gasteiger partial charge in [0.15, 0.2) is 0 Å². The highest BCUT2D eigenvalue weighted by Crippen LogP contribution is 2.21. The molecule has 6 heteroatoms. The number of carbonyl (C=O) groups is 1. The molecule has 1 heterocycles. The van der Waals surface area contributed by atoms with Crippen LogP contribution in [0.4, 0.5) is 0 Å². The Morgan fingerprint density at radius 3 is 2.42 bits per heavy atom. The van der Waals surface area contributed by atoms with Crippen LogP contribution in [-0.4, -0.2) is 37.8 Å². The van der Waals surface area contributed by atoms with Gasteiger partial charge in [0.05, 0.1) is 4.90 Å². The zero-order valence-corrected chi connectivity index (χ0v) is 15.4. The summed E-state index contributed by atoms with van der Waals surface area (Å²) in [4.78, 5) is 12.2. The molecule has 5 nitrogen and oxygen atoms in total. The number of nitrogens with one attached hydrogen (secondary N) is 1. The Hall–Kier alpha value is -1.40. The van der Waals surface area contributed by atoms with Crippen LogP contribution < -0.4 is 5.32 Å². The molecule has 0 saturated carbocycles. The fourth-order valence-electron chi connectivity index (χ4n) is 3.02. The first-order chi connectivity index (χ1) is 11.4. The molecule has 1 aliphatic rings. The van der Waals surface area contributed by atoms with E-state index in [1.807, 2.05) is 19.1 Å². The first-order valence-corrected chi connectivity index (χ1v) is 10.3. The molecule has 0 unspecified atom stereocenters. The average molecular weight is 353 g/mol. The minimum Gasteiger partial charge on any atom is -0.354 e. The van der Waals surface area contributed by atoms with Crippen LogP contribution >= 0.6 is 0 Å². The van der Waals surface area contributed by atoms with Crippen molar-refractivity contribution >= 4 is 15.9 Å². The third-order valence-corrected chi connectivity index (χ3v) is 6.31. The summed E-state index contributed by atoms with van der Waals surface area (Å²) in [7, 11) is -3.35. The van der Waals surface area contributed by atoms with Gasteiger partial charge in [0.25, 0.3) is 0 Å². The summed E-state index contributed by atoms with van der Waals surface area (Å²) in [5, 5.41) is 2.98. The molecular formula is C18H28N2O3S. The van der Waals surface area contributed by atoms with Gasteiger partial charge >= 0.3 is 0 Å². The molecule has 1 fully saturated rings. The van der Waals surface area contributed by atoms with E-state index in [0.717, 1.165) is 31.2 Å². The van der Waals surface area contributed by atoms with Crippen molar-refractivity contribution in [3.8, 4) is 0 Å². The van der Waals surface area contributed by atoms with Crippen molar-refractivity contribution in [2.24, 2.45) is 0 Å². The SMILES string of the molecule is CCC[C@H](C)NC(=O)CCc1ccc(S(=O)(=O)N2CCCC2)cc1. The minimum absolute atomic E-state index is 0.0460. The lowest BCUT2D eigenvalue weighted by molar-refractivity contribution is -0.121. The zero-order chi connectivity index (χ0) is 17.6. The van der Waals surface area contributed by atoms with Gasteiger partial charge in [-0.15, -0.1) is 0 Å². The maximum atomic E-state index is 12.5. The van der Waals surface area contributed by atoms with Gasteiger partial charge in [-0.2, -0.15) is 4.31 Å². The molecule has 1 aromatic carbocycles. The Kier molecular flexibility index (Phi) is 6.80. The third-order valence-electron chi connectivity index (χ3n) is 4.40. The Bertz CT molecular complexity index is 635. The number of rotatable bonds is 8. The van der Waals surface area contributed by atoms with Gasteiger partial charge in [-0.3, -0.25) is 4.79 Å². The van der Waals surface area contributed by atoms with E-state index >= 15 is 0 Å². The Balaban J connectivity index is 1.89. The molecule has 1 N–H and O–H groups in total. The number of benzene rings is 1. The standard InChI is InChI=1S/C18H28N2O3S/c1-3-6-15(2)19-18(21)12-9-16-7-10-17(11-8-16)24(22,23)20-13-4-5-14-20/h7-8,10-11,15H,3-6,9,12-14H2,1-2H3,(H,19,21)/t15-/m0/s1. The normalized spacial score (nSPS) is 16.9. The molecule has 1 amide bonds. The van der Waals surface area contributed by atoms with Gasteiger partial charge in [0.1, 0.15) is 0 Å². The number of sulfonamides is 1. The monoisotopic (exact) mass is 352 g/mol. The Morgan fingerprint density at radius 2 is 1.83 bits per heavy atom. The maximum absolute atomic E-state index is 12.5. The summed E-state index contributed by atoms with van der Waals surface area (Å²) < 4.78 is 26.5. The van der Waals surface area contributed by atoms with Gasteiger partial charge in [-0.05, 0) is 50.3 Å².